The molecule has 19 heavy (non-hydrogen) atoms. The summed E-state index contributed by atoms with van der Waals surface area (Å²) in [5, 5.41) is 8.87. The second-order valence-electron chi connectivity index (χ2n) is 3.96. The highest BCUT2D eigenvalue weighted by molar-refractivity contribution is 7.89. The lowest BCUT2D eigenvalue weighted by molar-refractivity contribution is 0.0696. The minimum absolute atomic E-state index is 0.208. The number of carbonyl (C=O) groups is 1. The Morgan fingerprint density at radius 3 is 2.42 bits per heavy atom. The first-order valence-electron chi connectivity index (χ1n) is 5.27. The first kappa shape index (κ1) is 15.5. The van der Waals surface area contributed by atoms with E-state index in [2.05, 4.69) is 0 Å². The number of carboxylic acids is 1. The van der Waals surface area contributed by atoms with Gasteiger partial charge in [-0.25, -0.2) is 26.7 Å². The van der Waals surface area contributed by atoms with E-state index in [1.165, 1.54) is 13.0 Å². The number of halogens is 2. The Balaban J connectivity index is 3.29. The van der Waals surface area contributed by atoms with Crippen molar-refractivity contribution in [3.8, 4) is 0 Å². The van der Waals surface area contributed by atoms with E-state index in [-0.39, 0.29) is 10.5 Å². The molecule has 8 heteroatoms. The SMILES string of the molecule is Cc1cc(C(=O)O)cc(S(=O)(=O)NCC(F)F)c1C. The van der Waals surface area contributed by atoms with Crippen molar-refractivity contribution >= 4 is 16.0 Å². The minimum Gasteiger partial charge on any atom is -0.478 e. The molecular formula is C11H13F2NO4S. The molecule has 0 saturated heterocycles. The van der Waals surface area contributed by atoms with Gasteiger partial charge in [-0.05, 0) is 37.1 Å². The number of nitrogens with one attached hydrogen (secondary N) is 1. The third-order valence-electron chi connectivity index (χ3n) is 2.58. The summed E-state index contributed by atoms with van der Waals surface area (Å²) in [5.74, 6) is -1.28. The van der Waals surface area contributed by atoms with Gasteiger partial charge in [0.1, 0.15) is 0 Å². The summed E-state index contributed by atoms with van der Waals surface area (Å²) in [6.07, 6.45) is -2.82. The highest BCUT2D eigenvalue weighted by Crippen LogP contribution is 2.21. The largest absolute Gasteiger partial charge is 0.478 e. The van der Waals surface area contributed by atoms with Crippen LogP contribution in [0.4, 0.5) is 8.78 Å². The maximum atomic E-state index is 12.0. The number of rotatable bonds is 5. The Bertz CT molecular complexity index is 599. The lowest BCUT2D eigenvalue weighted by atomic mass is 10.1. The van der Waals surface area contributed by atoms with Crippen LogP contribution in [0, 0.1) is 13.8 Å². The summed E-state index contributed by atoms with van der Waals surface area (Å²) in [6.45, 7) is 2.02. The molecular weight excluding hydrogens is 280 g/mol. The number of benzene rings is 1. The van der Waals surface area contributed by atoms with Crippen LogP contribution in [-0.2, 0) is 10.0 Å². The maximum absolute atomic E-state index is 12.0. The van der Waals surface area contributed by atoms with Crippen LogP contribution in [0.3, 0.4) is 0 Å². The number of aryl methyl sites for hydroxylation is 1. The van der Waals surface area contributed by atoms with Gasteiger partial charge in [0.2, 0.25) is 10.0 Å². The predicted molar refractivity (Wildman–Crippen MR) is 64.1 cm³/mol. The fourth-order valence-electron chi connectivity index (χ4n) is 1.48. The quantitative estimate of drug-likeness (QED) is 0.862. The molecule has 0 amide bonds. The zero-order valence-electron chi connectivity index (χ0n) is 10.3. The van der Waals surface area contributed by atoms with Gasteiger partial charge in [0, 0.05) is 0 Å². The third-order valence-corrected chi connectivity index (χ3v) is 4.13. The predicted octanol–water partition coefficient (Wildman–Crippen LogP) is 1.55. The zero-order valence-corrected chi connectivity index (χ0v) is 11.1. The molecule has 2 N–H and O–H groups in total. The molecule has 1 rings (SSSR count). The van der Waals surface area contributed by atoms with Gasteiger partial charge >= 0.3 is 5.97 Å². The number of alkyl halides is 2. The van der Waals surface area contributed by atoms with Crippen molar-refractivity contribution in [2.45, 2.75) is 25.2 Å². The van der Waals surface area contributed by atoms with Crippen LogP contribution in [0.5, 0.6) is 0 Å². The van der Waals surface area contributed by atoms with Crippen molar-refractivity contribution in [1.29, 1.82) is 0 Å². The normalized spacial score (nSPS) is 11.8. The fraction of sp³-hybridized carbons (Fsp3) is 0.364. The van der Waals surface area contributed by atoms with Crippen LogP contribution < -0.4 is 4.72 Å². The van der Waals surface area contributed by atoms with Crippen molar-refractivity contribution in [2.75, 3.05) is 6.54 Å². The molecule has 1 aromatic carbocycles. The molecule has 0 heterocycles. The summed E-state index contributed by atoms with van der Waals surface area (Å²) >= 11 is 0. The number of aromatic carboxylic acids is 1. The molecule has 0 aliphatic heterocycles. The van der Waals surface area contributed by atoms with Crippen LogP contribution >= 0.6 is 0 Å². The van der Waals surface area contributed by atoms with Crippen LogP contribution in [0.25, 0.3) is 0 Å². The molecule has 106 valence electrons. The van der Waals surface area contributed by atoms with Gasteiger partial charge in [-0.2, -0.15) is 0 Å². The fourth-order valence-corrected chi connectivity index (χ4v) is 2.83. The summed E-state index contributed by atoms with van der Waals surface area (Å²) in [5.41, 5.74) is 0.574. The standard InChI is InChI=1S/C11H13F2NO4S/c1-6-3-8(11(15)16)4-9(7(6)2)19(17,18)14-5-10(12)13/h3-4,10,14H,5H2,1-2H3,(H,15,16). The topological polar surface area (TPSA) is 83.5 Å². The van der Waals surface area contributed by atoms with E-state index in [1.54, 1.807) is 11.6 Å². The number of hydrogen-bond acceptors (Lipinski definition) is 3. The Morgan fingerprint density at radius 2 is 1.95 bits per heavy atom. The van der Waals surface area contributed by atoms with E-state index in [4.69, 9.17) is 5.11 Å². The van der Waals surface area contributed by atoms with Gasteiger partial charge in [0.15, 0.2) is 0 Å². The monoisotopic (exact) mass is 293 g/mol. The van der Waals surface area contributed by atoms with Gasteiger partial charge in [0.25, 0.3) is 6.43 Å². The molecule has 0 aliphatic rings. The van der Waals surface area contributed by atoms with E-state index < -0.39 is 29.0 Å². The lowest BCUT2D eigenvalue weighted by Gasteiger charge is -2.12. The van der Waals surface area contributed by atoms with Crippen LogP contribution in [0.15, 0.2) is 17.0 Å². The molecule has 0 saturated carbocycles. The zero-order chi connectivity index (χ0) is 14.8. The summed E-state index contributed by atoms with van der Waals surface area (Å²) in [6, 6.07) is 2.28. The van der Waals surface area contributed by atoms with Gasteiger partial charge in [0.05, 0.1) is 17.0 Å². The van der Waals surface area contributed by atoms with E-state index in [9.17, 15) is 22.0 Å². The van der Waals surface area contributed by atoms with Crippen molar-refractivity contribution in [2.24, 2.45) is 0 Å². The van der Waals surface area contributed by atoms with Crippen LogP contribution in [0.1, 0.15) is 21.5 Å². The maximum Gasteiger partial charge on any atom is 0.335 e. The number of hydrogen-bond donors (Lipinski definition) is 2. The highest BCUT2D eigenvalue weighted by atomic mass is 32.2. The van der Waals surface area contributed by atoms with Gasteiger partial charge in [-0.1, -0.05) is 0 Å². The smallest absolute Gasteiger partial charge is 0.335 e. The van der Waals surface area contributed by atoms with Crippen molar-refractivity contribution in [3.63, 3.8) is 0 Å². The Morgan fingerprint density at radius 1 is 1.37 bits per heavy atom. The molecule has 0 fully saturated rings. The Labute approximate surface area is 109 Å². The molecule has 0 unspecified atom stereocenters. The summed E-state index contributed by atoms with van der Waals surface area (Å²) in [4.78, 5) is 10.6. The molecule has 0 spiro atoms. The molecule has 0 atom stereocenters. The second-order valence-corrected chi connectivity index (χ2v) is 5.70. The van der Waals surface area contributed by atoms with Crippen molar-refractivity contribution in [3.05, 3.63) is 28.8 Å². The molecule has 0 radical (unpaired) electrons. The Hall–Kier alpha value is -1.54. The Kier molecular flexibility index (Phi) is 4.59. The van der Waals surface area contributed by atoms with E-state index in [0.29, 0.717) is 11.1 Å². The first-order valence-corrected chi connectivity index (χ1v) is 6.76. The summed E-state index contributed by atoms with van der Waals surface area (Å²) in [7, 11) is -4.16. The van der Waals surface area contributed by atoms with Gasteiger partial charge in [-0.3, -0.25) is 0 Å². The molecule has 0 aliphatic carbocycles. The van der Waals surface area contributed by atoms with Crippen molar-refractivity contribution < 1.29 is 27.1 Å². The first-order chi connectivity index (χ1) is 8.65. The van der Waals surface area contributed by atoms with Crippen molar-refractivity contribution in [1.82, 2.24) is 4.72 Å². The summed E-state index contributed by atoms with van der Waals surface area (Å²) < 4.78 is 49.5. The van der Waals surface area contributed by atoms with E-state index >= 15 is 0 Å². The average Bonchev–Trinajstić information content (AvgIpc) is 2.29. The molecule has 0 bridgehead atoms. The lowest BCUT2D eigenvalue weighted by Crippen LogP contribution is -2.29. The van der Waals surface area contributed by atoms with Crippen LogP contribution in [-0.4, -0.2) is 32.5 Å². The highest BCUT2D eigenvalue weighted by Gasteiger charge is 2.21. The van der Waals surface area contributed by atoms with E-state index in [1.807, 2.05) is 0 Å². The van der Waals surface area contributed by atoms with Gasteiger partial charge < -0.3 is 5.11 Å². The van der Waals surface area contributed by atoms with Crippen LogP contribution in [0.2, 0.25) is 0 Å². The number of carboxylic acid groups (broad SMARTS) is 1. The second kappa shape index (κ2) is 5.62. The minimum atomic E-state index is -4.16. The molecule has 1 aromatic rings. The van der Waals surface area contributed by atoms with Gasteiger partial charge in [-0.15, -0.1) is 0 Å². The average molecular weight is 293 g/mol. The van der Waals surface area contributed by atoms with E-state index in [0.717, 1.165) is 6.07 Å². The molecule has 5 nitrogen and oxygen atoms in total. The number of sulfonamides is 1. The molecule has 0 aromatic heterocycles. The third kappa shape index (κ3) is 3.71.